The maximum Gasteiger partial charge on any atom is 0.254 e. The molecule has 0 bridgehead atoms. The van der Waals surface area contributed by atoms with Gasteiger partial charge in [0.25, 0.3) is 5.78 Å². The quantitative estimate of drug-likeness (QED) is 0.607. The number of nitrogens with zero attached hydrogens (tertiary/aromatic N) is 4. The highest BCUT2D eigenvalue weighted by molar-refractivity contribution is 5.65. The SMILES string of the molecule is COc1cccc(CNc2cc(-c3ccccc3)nc3ncnn23)c1. The second-order valence-electron chi connectivity index (χ2n) is 5.57. The fraction of sp³-hybridized carbons (Fsp3) is 0.105. The lowest BCUT2D eigenvalue weighted by Crippen LogP contribution is -2.07. The molecule has 25 heavy (non-hydrogen) atoms. The lowest BCUT2D eigenvalue weighted by atomic mass is 10.1. The minimum absolute atomic E-state index is 0.564. The Hall–Kier alpha value is -3.41. The lowest BCUT2D eigenvalue weighted by Gasteiger charge is -2.11. The summed E-state index contributed by atoms with van der Waals surface area (Å²) < 4.78 is 6.98. The molecular weight excluding hydrogens is 314 g/mol. The Morgan fingerprint density at radius 3 is 2.76 bits per heavy atom. The molecule has 6 nitrogen and oxygen atoms in total. The Balaban J connectivity index is 1.67. The van der Waals surface area contributed by atoms with Gasteiger partial charge in [-0.25, -0.2) is 4.98 Å². The molecule has 2 aromatic heterocycles. The summed E-state index contributed by atoms with van der Waals surface area (Å²) in [4.78, 5) is 8.81. The molecule has 0 spiro atoms. The number of hydrogen-bond acceptors (Lipinski definition) is 5. The van der Waals surface area contributed by atoms with Gasteiger partial charge >= 0.3 is 0 Å². The van der Waals surface area contributed by atoms with Crippen LogP contribution in [0, 0.1) is 0 Å². The van der Waals surface area contributed by atoms with E-state index in [-0.39, 0.29) is 0 Å². The molecule has 0 radical (unpaired) electrons. The van der Waals surface area contributed by atoms with Crippen LogP contribution in [-0.2, 0) is 6.54 Å². The van der Waals surface area contributed by atoms with E-state index in [1.165, 1.54) is 6.33 Å². The van der Waals surface area contributed by atoms with E-state index in [0.717, 1.165) is 28.4 Å². The van der Waals surface area contributed by atoms with Crippen LogP contribution in [0.1, 0.15) is 5.56 Å². The van der Waals surface area contributed by atoms with Gasteiger partial charge in [0.2, 0.25) is 0 Å². The van der Waals surface area contributed by atoms with E-state index in [1.54, 1.807) is 11.6 Å². The average Bonchev–Trinajstić information content (AvgIpc) is 3.15. The Morgan fingerprint density at radius 2 is 1.92 bits per heavy atom. The zero-order valence-corrected chi connectivity index (χ0v) is 13.8. The highest BCUT2D eigenvalue weighted by atomic mass is 16.5. The van der Waals surface area contributed by atoms with Crippen molar-refractivity contribution in [1.82, 2.24) is 19.6 Å². The van der Waals surface area contributed by atoms with Crippen LogP contribution in [0.5, 0.6) is 5.75 Å². The van der Waals surface area contributed by atoms with Gasteiger partial charge in [0.1, 0.15) is 17.9 Å². The fourth-order valence-corrected chi connectivity index (χ4v) is 2.67. The van der Waals surface area contributed by atoms with Crippen molar-refractivity contribution in [2.75, 3.05) is 12.4 Å². The van der Waals surface area contributed by atoms with Crippen molar-refractivity contribution < 1.29 is 4.74 Å². The second-order valence-corrected chi connectivity index (χ2v) is 5.57. The number of methoxy groups -OCH3 is 1. The summed E-state index contributed by atoms with van der Waals surface area (Å²) in [5.41, 5.74) is 3.01. The molecule has 1 N–H and O–H groups in total. The Kier molecular flexibility index (Phi) is 4.00. The van der Waals surface area contributed by atoms with Gasteiger partial charge in [-0.1, -0.05) is 42.5 Å². The summed E-state index contributed by atoms with van der Waals surface area (Å²) in [5, 5.41) is 7.67. The van der Waals surface area contributed by atoms with Crippen molar-refractivity contribution in [3.8, 4) is 17.0 Å². The number of rotatable bonds is 5. The van der Waals surface area contributed by atoms with Crippen molar-refractivity contribution in [2.45, 2.75) is 6.54 Å². The van der Waals surface area contributed by atoms with E-state index in [4.69, 9.17) is 4.74 Å². The van der Waals surface area contributed by atoms with Crippen molar-refractivity contribution in [3.63, 3.8) is 0 Å². The maximum absolute atomic E-state index is 5.28. The summed E-state index contributed by atoms with van der Waals surface area (Å²) in [6.07, 6.45) is 1.51. The van der Waals surface area contributed by atoms with Crippen LogP contribution in [0.3, 0.4) is 0 Å². The monoisotopic (exact) mass is 331 g/mol. The minimum Gasteiger partial charge on any atom is -0.497 e. The predicted molar refractivity (Wildman–Crippen MR) is 96.5 cm³/mol. The van der Waals surface area contributed by atoms with E-state index in [9.17, 15) is 0 Å². The van der Waals surface area contributed by atoms with Crippen molar-refractivity contribution in [2.24, 2.45) is 0 Å². The molecule has 0 saturated carbocycles. The molecule has 2 aromatic carbocycles. The summed E-state index contributed by atoms with van der Waals surface area (Å²) in [5.74, 6) is 2.24. The average molecular weight is 331 g/mol. The van der Waals surface area contributed by atoms with Crippen molar-refractivity contribution in [1.29, 1.82) is 0 Å². The molecule has 0 saturated heterocycles. The largest absolute Gasteiger partial charge is 0.497 e. The molecule has 4 aromatic rings. The predicted octanol–water partition coefficient (Wildman–Crippen LogP) is 3.41. The van der Waals surface area contributed by atoms with Gasteiger partial charge in [-0.05, 0) is 17.7 Å². The van der Waals surface area contributed by atoms with E-state index in [2.05, 4.69) is 20.4 Å². The van der Waals surface area contributed by atoms with Crippen LogP contribution in [0.25, 0.3) is 17.0 Å². The van der Waals surface area contributed by atoms with Gasteiger partial charge in [-0.2, -0.15) is 14.6 Å². The number of nitrogens with one attached hydrogen (secondary N) is 1. The topological polar surface area (TPSA) is 64.3 Å². The summed E-state index contributed by atoms with van der Waals surface area (Å²) in [6.45, 7) is 0.643. The molecule has 0 amide bonds. The van der Waals surface area contributed by atoms with Crippen LogP contribution in [-0.4, -0.2) is 26.7 Å². The summed E-state index contributed by atoms with van der Waals surface area (Å²) >= 11 is 0. The molecule has 0 aliphatic carbocycles. The zero-order valence-electron chi connectivity index (χ0n) is 13.8. The first-order valence-electron chi connectivity index (χ1n) is 7.96. The number of fused-ring (bicyclic) bond motifs is 1. The first-order valence-corrected chi connectivity index (χ1v) is 7.96. The number of ether oxygens (including phenoxy) is 1. The molecule has 0 aliphatic rings. The van der Waals surface area contributed by atoms with Crippen molar-refractivity contribution in [3.05, 3.63) is 72.6 Å². The molecule has 0 aliphatic heterocycles. The first-order chi connectivity index (χ1) is 12.3. The minimum atomic E-state index is 0.564. The van der Waals surface area contributed by atoms with E-state index in [0.29, 0.717) is 12.3 Å². The van der Waals surface area contributed by atoms with E-state index in [1.807, 2.05) is 60.7 Å². The fourth-order valence-electron chi connectivity index (χ4n) is 2.67. The van der Waals surface area contributed by atoms with Gasteiger partial charge in [0.05, 0.1) is 12.8 Å². The molecular formula is C19H17N5O. The Labute approximate surface area is 145 Å². The van der Waals surface area contributed by atoms with Crippen LogP contribution in [0.4, 0.5) is 5.82 Å². The van der Waals surface area contributed by atoms with Crippen LogP contribution in [0.2, 0.25) is 0 Å². The Bertz CT molecular complexity index is 997. The molecule has 6 heteroatoms. The zero-order chi connectivity index (χ0) is 17.1. The van der Waals surface area contributed by atoms with E-state index >= 15 is 0 Å². The molecule has 0 fully saturated rings. The third kappa shape index (κ3) is 3.14. The second kappa shape index (κ2) is 6.60. The third-order valence-electron chi connectivity index (χ3n) is 3.93. The van der Waals surface area contributed by atoms with Gasteiger partial charge < -0.3 is 10.1 Å². The van der Waals surface area contributed by atoms with Crippen LogP contribution >= 0.6 is 0 Å². The van der Waals surface area contributed by atoms with Gasteiger partial charge in [-0.15, -0.1) is 0 Å². The highest BCUT2D eigenvalue weighted by Crippen LogP contribution is 2.22. The maximum atomic E-state index is 5.28. The van der Waals surface area contributed by atoms with Crippen LogP contribution < -0.4 is 10.1 Å². The Morgan fingerprint density at radius 1 is 1.04 bits per heavy atom. The lowest BCUT2D eigenvalue weighted by molar-refractivity contribution is 0.414. The van der Waals surface area contributed by atoms with Crippen molar-refractivity contribution >= 4 is 11.6 Å². The van der Waals surface area contributed by atoms with E-state index < -0.39 is 0 Å². The molecule has 0 atom stereocenters. The summed E-state index contributed by atoms with van der Waals surface area (Å²) in [6, 6.07) is 20.0. The molecule has 4 rings (SSSR count). The van der Waals surface area contributed by atoms with Crippen LogP contribution in [0.15, 0.2) is 67.0 Å². The van der Waals surface area contributed by atoms with Gasteiger partial charge in [0, 0.05) is 18.2 Å². The first kappa shape index (κ1) is 15.1. The molecule has 124 valence electrons. The number of hydrogen-bond donors (Lipinski definition) is 1. The van der Waals surface area contributed by atoms with Gasteiger partial charge in [-0.3, -0.25) is 0 Å². The summed E-state index contributed by atoms with van der Waals surface area (Å²) in [7, 11) is 1.67. The highest BCUT2D eigenvalue weighted by Gasteiger charge is 2.09. The standard InChI is InChI=1S/C19H17N5O/c1-25-16-9-5-6-14(10-16)12-20-18-11-17(15-7-3-2-4-8-15)23-19-21-13-22-24(18)19/h2-11,13,20H,12H2,1H3. The normalized spacial score (nSPS) is 10.8. The van der Waals surface area contributed by atoms with Gasteiger partial charge in [0.15, 0.2) is 0 Å². The number of aromatic nitrogens is 4. The smallest absolute Gasteiger partial charge is 0.254 e. The number of anilines is 1. The molecule has 0 unspecified atom stereocenters. The third-order valence-corrected chi connectivity index (χ3v) is 3.93. The molecule has 2 heterocycles. The number of benzene rings is 2.